The second-order valence-electron chi connectivity index (χ2n) is 4.62. The van der Waals surface area contributed by atoms with Gasteiger partial charge >= 0.3 is 5.97 Å². The van der Waals surface area contributed by atoms with Crippen molar-refractivity contribution in [3.05, 3.63) is 66.4 Å². The van der Waals surface area contributed by atoms with Gasteiger partial charge in [0.25, 0.3) is 0 Å². The molecule has 0 spiro atoms. The normalized spacial score (nSPS) is 10.4. The van der Waals surface area contributed by atoms with Crippen LogP contribution < -0.4 is 0 Å². The van der Waals surface area contributed by atoms with Crippen LogP contribution >= 0.6 is 0 Å². The second-order valence-corrected chi connectivity index (χ2v) is 4.62. The Labute approximate surface area is 127 Å². The molecule has 2 aromatic carbocycles. The van der Waals surface area contributed by atoms with Crippen molar-refractivity contribution in [2.45, 2.75) is 0 Å². The lowest BCUT2D eigenvalue weighted by Gasteiger charge is -2.08. The smallest absolute Gasteiger partial charge is 0.358 e. The number of aromatic nitrogens is 2. The number of carbonyl (C=O) groups is 1. The van der Waals surface area contributed by atoms with Gasteiger partial charge in [-0.25, -0.2) is 9.48 Å². The highest BCUT2D eigenvalue weighted by molar-refractivity contribution is 5.96. The molecule has 3 rings (SSSR count). The summed E-state index contributed by atoms with van der Waals surface area (Å²) in [6.07, 6.45) is 0. The second kappa shape index (κ2) is 5.65. The van der Waals surface area contributed by atoms with Crippen LogP contribution in [0.3, 0.4) is 0 Å². The minimum Gasteiger partial charge on any atom is -0.476 e. The van der Waals surface area contributed by atoms with Gasteiger partial charge in [-0.15, -0.1) is 0 Å². The molecule has 0 bridgehead atoms. The van der Waals surface area contributed by atoms with Gasteiger partial charge in [0.15, 0.2) is 5.69 Å². The number of rotatable bonds is 4. The first-order valence-electron chi connectivity index (χ1n) is 6.66. The molecule has 0 radical (unpaired) electrons. The van der Waals surface area contributed by atoms with Gasteiger partial charge in [-0.05, 0) is 18.9 Å². The third kappa shape index (κ3) is 2.29. The lowest BCUT2D eigenvalue weighted by molar-refractivity contribution is 0.0691. The van der Waals surface area contributed by atoms with Crippen LogP contribution in [0, 0.1) is 0 Å². The Balaban J connectivity index is 2.34. The van der Waals surface area contributed by atoms with Crippen molar-refractivity contribution in [1.29, 1.82) is 0 Å². The van der Waals surface area contributed by atoms with Crippen molar-refractivity contribution in [3.63, 3.8) is 0 Å². The van der Waals surface area contributed by atoms with Crippen LogP contribution in [0.4, 0.5) is 5.69 Å². The number of para-hydroxylation sites is 1. The Kier molecular flexibility index (Phi) is 3.53. The number of hydrogen-bond donors (Lipinski definition) is 1. The largest absolute Gasteiger partial charge is 0.476 e. The van der Waals surface area contributed by atoms with E-state index in [1.54, 1.807) is 4.68 Å². The molecule has 0 fully saturated rings. The molecule has 108 valence electrons. The van der Waals surface area contributed by atoms with Crippen molar-refractivity contribution >= 4 is 18.4 Å². The number of benzene rings is 2. The fraction of sp³-hybridized carbons (Fsp3) is 0. The Hall–Kier alpha value is -3.21. The van der Waals surface area contributed by atoms with E-state index >= 15 is 0 Å². The maximum Gasteiger partial charge on any atom is 0.358 e. The summed E-state index contributed by atoms with van der Waals surface area (Å²) in [5, 5.41) is 13.6. The van der Waals surface area contributed by atoms with E-state index < -0.39 is 5.97 Å². The van der Waals surface area contributed by atoms with Gasteiger partial charge < -0.3 is 5.11 Å². The minimum absolute atomic E-state index is 0.113. The molecule has 0 aliphatic carbocycles. The number of aromatic carboxylic acids is 1. The van der Waals surface area contributed by atoms with Gasteiger partial charge in [0.1, 0.15) is 11.4 Å². The molecular weight excluding hydrogens is 278 g/mol. The summed E-state index contributed by atoms with van der Waals surface area (Å²) in [5.41, 5.74) is 2.35. The van der Waals surface area contributed by atoms with Gasteiger partial charge in [-0.3, -0.25) is 4.99 Å². The summed E-state index contributed by atoms with van der Waals surface area (Å²) in [5.74, 6) is -1.13. The third-order valence-electron chi connectivity index (χ3n) is 3.27. The van der Waals surface area contributed by atoms with E-state index in [1.165, 1.54) is 0 Å². The molecule has 1 N–H and O–H groups in total. The van der Waals surface area contributed by atoms with E-state index in [9.17, 15) is 9.90 Å². The highest BCUT2D eigenvalue weighted by Crippen LogP contribution is 2.35. The maximum absolute atomic E-state index is 11.4. The van der Waals surface area contributed by atoms with Crippen LogP contribution in [0.2, 0.25) is 0 Å². The monoisotopic (exact) mass is 291 g/mol. The van der Waals surface area contributed by atoms with Gasteiger partial charge in [0.05, 0.1) is 5.69 Å². The Morgan fingerprint density at radius 3 is 2.18 bits per heavy atom. The van der Waals surface area contributed by atoms with Gasteiger partial charge in [0, 0.05) is 5.56 Å². The number of carboxylic acid groups (broad SMARTS) is 1. The summed E-state index contributed by atoms with van der Waals surface area (Å²) in [7, 11) is 0. The molecule has 3 aromatic rings. The van der Waals surface area contributed by atoms with Crippen molar-refractivity contribution in [2.24, 2.45) is 4.99 Å². The van der Waals surface area contributed by atoms with Crippen molar-refractivity contribution in [3.8, 4) is 16.9 Å². The summed E-state index contributed by atoms with van der Waals surface area (Å²) >= 11 is 0. The SMILES string of the molecule is C=Nc1c(C(=O)O)nn(-c2ccccc2)c1-c1ccccc1. The highest BCUT2D eigenvalue weighted by atomic mass is 16.4. The van der Waals surface area contributed by atoms with Crippen LogP contribution in [0.1, 0.15) is 10.5 Å². The van der Waals surface area contributed by atoms with Crippen molar-refractivity contribution < 1.29 is 9.90 Å². The van der Waals surface area contributed by atoms with Crippen LogP contribution in [0.25, 0.3) is 16.9 Å². The molecule has 1 aromatic heterocycles. The zero-order valence-electron chi connectivity index (χ0n) is 11.7. The fourth-order valence-electron chi connectivity index (χ4n) is 2.31. The molecular formula is C17H13N3O2. The highest BCUT2D eigenvalue weighted by Gasteiger charge is 2.23. The average molecular weight is 291 g/mol. The molecule has 0 unspecified atom stereocenters. The third-order valence-corrected chi connectivity index (χ3v) is 3.27. The van der Waals surface area contributed by atoms with E-state index in [-0.39, 0.29) is 11.4 Å². The molecule has 5 nitrogen and oxygen atoms in total. The quantitative estimate of drug-likeness (QED) is 0.747. The molecule has 22 heavy (non-hydrogen) atoms. The summed E-state index contributed by atoms with van der Waals surface area (Å²) in [4.78, 5) is 15.3. The summed E-state index contributed by atoms with van der Waals surface area (Å²) in [6, 6.07) is 18.8. The Morgan fingerprint density at radius 2 is 1.64 bits per heavy atom. The molecule has 0 saturated carbocycles. The minimum atomic E-state index is -1.13. The van der Waals surface area contributed by atoms with E-state index in [0.29, 0.717) is 5.69 Å². The number of nitrogens with zero attached hydrogens (tertiary/aromatic N) is 3. The average Bonchev–Trinajstić information content (AvgIpc) is 2.96. The first-order chi connectivity index (χ1) is 10.7. The summed E-state index contributed by atoms with van der Waals surface area (Å²) < 4.78 is 1.59. The van der Waals surface area contributed by atoms with Crippen LogP contribution in [-0.2, 0) is 0 Å². The number of carboxylic acids is 1. The van der Waals surface area contributed by atoms with Crippen LogP contribution in [-0.4, -0.2) is 27.6 Å². The maximum atomic E-state index is 11.4. The van der Waals surface area contributed by atoms with E-state index in [4.69, 9.17) is 0 Å². The first-order valence-corrected chi connectivity index (χ1v) is 6.66. The van der Waals surface area contributed by atoms with Crippen molar-refractivity contribution in [2.75, 3.05) is 0 Å². The Morgan fingerprint density at radius 1 is 1.05 bits per heavy atom. The standard InChI is InChI=1S/C17H13N3O2/c1-18-14-15(17(21)22)19-20(13-10-6-3-7-11-13)16(14)12-8-4-2-5-9-12/h2-11H,1H2,(H,21,22). The predicted octanol–water partition coefficient (Wildman–Crippen LogP) is 3.57. The molecule has 0 aliphatic rings. The lowest BCUT2D eigenvalue weighted by Crippen LogP contribution is -2.02. The molecule has 0 amide bonds. The zero-order valence-corrected chi connectivity index (χ0v) is 11.7. The number of aliphatic imine (C=N–C) groups is 1. The molecule has 1 heterocycles. The van der Waals surface area contributed by atoms with Gasteiger partial charge in [-0.1, -0.05) is 48.5 Å². The summed E-state index contributed by atoms with van der Waals surface area (Å²) in [6.45, 7) is 3.50. The molecule has 0 saturated heterocycles. The topological polar surface area (TPSA) is 67.5 Å². The van der Waals surface area contributed by atoms with Crippen molar-refractivity contribution in [1.82, 2.24) is 9.78 Å². The number of hydrogen-bond acceptors (Lipinski definition) is 3. The van der Waals surface area contributed by atoms with E-state index in [0.717, 1.165) is 11.3 Å². The van der Waals surface area contributed by atoms with Crippen LogP contribution in [0.5, 0.6) is 0 Å². The first kappa shape index (κ1) is 13.8. The predicted molar refractivity (Wildman–Crippen MR) is 85.2 cm³/mol. The molecule has 5 heteroatoms. The Bertz CT molecular complexity index is 824. The van der Waals surface area contributed by atoms with E-state index in [1.807, 2.05) is 60.7 Å². The molecule has 0 aliphatic heterocycles. The zero-order chi connectivity index (χ0) is 15.5. The van der Waals surface area contributed by atoms with Gasteiger partial charge in [-0.2, -0.15) is 5.10 Å². The fourth-order valence-corrected chi connectivity index (χ4v) is 2.31. The van der Waals surface area contributed by atoms with Crippen LogP contribution in [0.15, 0.2) is 65.7 Å². The van der Waals surface area contributed by atoms with E-state index in [2.05, 4.69) is 16.8 Å². The lowest BCUT2D eigenvalue weighted by atomic mass is 10.1. The molecule has 0 atom stereocenters. The van der Waals surface area contributed by atoms with Gasteiger partial charge in [0.2, 0.25) is 0 Å².